The Morgan fingerprint density at radius 3 is 2.72 bits per heavy atom. The Bertz CT molecular complexity index is 413. The fraction of sp³-hybridized carbons (Fsp3) is 0.562. The van der Waals surface area contributed by atoms with E-state index in [0.717, 1.165) is 24.8 Å². The van der Waals surface area contributed by atoms with Gasteiger partial charge in [0.15, 0.2) is 0 Å². The van der Waals surface area contributed by atoms with E-state index in [-0.39, 0.29) is 12.0 Å². The summed E-state index contributed by atoms with van der Waals surface area (Å²) in [6.45, 7) is 2.07. The molecule has 1 aliphatic rings. The SMILES string of the molecule is Cc1ccccc1CC(=O)C1CCCCCC1N. The van der Waals surface area contributed by atoms with Gasteiger partial charge in [0.25, 0.3) is 0 Å². The molecule has 2 unspecified atom stereocenters. The highest BCUT2D eigenvalue weighted by atomic mass is 16.1. The van der Waals surface area contributed by atoms with Crippen molar-refractivity contribution in [2.75, 3.05) is 0 Å². The van der Waals surface area contributed by atoms with Crippen molar-refractivity contribution in [3.63, 3.8) is 0 Å². The maximum absolute atomic E-state index is 12.4. The standard InChI is InChI=1S/C16H23NO/c1-12-7-5-6-8-13(12)11-16(18)14-9-3-2-4-10-15(14)17/h5-8,14-15H,2-4,9-11,17H2,1H3. The van der Waals surface area contributed by atoms with Gasteiger partial charge in [-0.25, -0.2) is 0 Å². The number of aryl methyl sites for hydroxylation is 1. The van der Waals surface area contributed by atoms with E-state index in [1.807, 2.05) is 12.1 Å². The number of carbonyl (C=O) groups excluding carboxylic acids is 1. The van der Waals surface area contributed by atoms with E-state index in [0.29, 0.717) is 12.2 Å². The fourth-order valence-corrected chi connectivity index (χ4v) is 2.86. The van der Waals surface area contributed by atoms with Gasteiger partial charge in [0.05, 0.1) is 0 Å². The number of benzene rings is 1. The van der Waals surface area contributed by atoms with Gasteiger partial charge in [-0.15, -0.1) is 0 Å². The molecule has 2 nitrogen and oxygen atoms in total. The van der Waals surface area contributed by atoms with E-state index in [1.165, 1.54) is 18.4 Å². The molecule has 0 bridgehead atoms. The monoisotopic (exact) mass is 245 g/mol. The zero-order valence-electron chi connectivity index (χ0n) is 11.2. The summed E-state index contributed by atoms with van der Waals surface area (Å²) in [5.74, 6) is 0.408. The highest BCUT2D eigenvalue weighted by Gasteiger charge is 2.26. The molecule has 98 valence electrons. The van der Waals surface area contributed by atoms with Gasteiger partial charge in [-0.2, -0.15) is 0 Å². The van der Waals surface area contributed by atoms with Gasteiger partial charge in [-0.3, -0.25) is 4.79 Å². The molecule has 0 aromatic heterocycles. The van der Waals surface area contributed by atoms with Crippen LogP contribution in [0.1, 0.15) is 43.2 Å². The molecule has 0 amide bonds. The minimum absolute atomic E-state index is 0.0732. The van der Waals surface area contributed by atoms with Crippen LogP contribution in [0.3, 0.4) is 0 Å². The Balaban J connectivity index is 2.04. The number of nitrogens with two attached hydrogens (primary N) is 1. The number of Topliss-reactive ketones (excluding diaryl/α,β-unsaturated/α-hetero) is 1. The minimum Gasteiger partial charge on any atom is -0.327 e. The predicted molar refractivity (Wildman–Crippen MR) is 74.4 cm³/mol. The van der Waals surface area contributed by atoms with Crippen molar-refractivity contribution in [2.45, 2.75) is 51.5 Å². The third-order valence-electron chi connectivity index (χ3n) is 4.11. The van der Waals surface area contributed by atoms with Gasteiger partial charge in [0, 0.05) is 18.4 Å². The summed E-state index contributed by atoms with van der Waals surface area (Å²) >= 11 is 0. The predicted octanol–water partition coefficient (Wildman–Crippen LogP) is 3.01. The molecule has 2 N–H and O–H groups in total. The third kappa shape index (κ3) is 3.20. The number of hydrogen-bond donors (Lipinski definition) is 1. The van der Waals surface area contributed by atoms with Crippen LogP contribution in [0.2, 0.25) is 0 Å². The second kappa shape index (κ2) is 6.14. The van der Waals surface area contributed by atoms with Gasteiger partial charge < -0.3 is 5.73 Å². The molecule has 18 heavy (non-hydrogen) atoms. The zero-order chi connectivity index (χ0) is 13.0. The Morgan fingerprint density at radius 2 is 1.94 bits per heavy atom. The molecule has 2 rings (SSSR count). The lowest BCUT2D eigenvalue weighted by Crippen LogP contribution is -2.35. The number of hydrogen-bond acceptors (Lipinski definition) is 2. The van der Waals surface area contributed by atoms with Gasteiger partial charge >= 0.3 is 0 Å². The molecule has 0 spiro atoms. The van der Waals surface area contributed by atoms with Crippen LogP contribution in [-0.4, -0.2) is 11.8 Å². The largest absolute Gasteiger partial charge is 0.327 e. The molecule has 1 aliphatic carbocycles. The summed E-state index contributed by atoms with van der Waals surface area (Å²) in [7, 11) is 0. The van der Waals surface area contributed by atoms with Crippen molar-refractivity contribution in [1.29, 1.82) is 0 Å². The Hall–Kier alpha value is -1.15. The summed E-state index contributed by atoms with van der Waals surface area (Å²) < 4.78 is 0. The third-order valence-corrected chi connectivity index (χ3v) is 4.11. The van der Waals surface area contributed by atoms with Crippen molar-refractivity contribution in [3.8, 4) is 0 Å². The highest BCUT2D eigenvalue weighted by Crippen LogP contribution is 2.24. The Labute approximate surface area is 110 Å². The van der Waals surface area contributed by atoms with E-state index >= 15 is 0 Å². The molecule has 1 aromatic carbocycles. The summed E-state index contributed by atoms with van der Waals surface area (Å²) in [4.78, 5) is 12.4. The number of carbonyl (C=O) groups is 1. The van der Waals surface area contributed by atoms with Crippen molar-refractivity contribution in [1.82, 2.24) is 0 Å². The van der Waals surface area contributed by atoms with Crippen LogP contribution >= 0.6 is 0 Å². The zero-order valence-corrected chi connectivity index (χ0v) is 11.2. The second-order valence-corrected chi connectivity index (χ2v) is 5.48. The lowest BCUT2D eigenvalue weighted by Gasteiger charge is -2.20. The highest BCUT2D eigenvalue weighted by molar-refractivity contribution is 5.84. The smallest absolute Gasteiger partial charge is 0.141 e. The van der Waals surface area contributed by atoms with E-state index in [1.54, 1.807) is 0 Å². The van der Waals surface area contributed by atoms with Crippen LogP contribution in [-0.2, 0) is 11.2 Å². The van der Waals surface area contributed by atoms with Crippen LogP contribution < -0.4 is 5.73 Å². The van der Waals surface area contributed by atoms with Crippen molar-refractivity contribution >= 4 is 5.78 Å². The molecule has 1 saturated carbocycles. The van der Waals surface area contributed by atoms with E-state index in [2.05, 4.69) is 19.1 Å². The van der Waals surface area contributed by atoms with Crippen LogP contribution in [0.4, 0.5) is 0 Å². The number of ketones is 1. The molecule has 1 aromatic rings. The normalized spacial score (nSPS) is 24.6. The molecular weight excluding hydrogens is 222 g/mol. The topological polar surface area (TPSA) is 43.1 Å². The van der Waals surface area contributed by atoms with Crippen molar-refractivity contribution in [2.24, 2.45) is 11.7 Å². The number of rotatable bonds is 3. The van der Waals surface area contributed by atoms with Crippen molar-refractivity contribution < 1.29 is 4.79 Å². The average Bonchev–Trinajstić information content (AvgIpc) is 2.57. The Kier molecular flexibility index (Phi) is 4.54. The fourth-order valence-electron chi connectivity index (χ4n) is 2.86. The van der Waals surface area contributed by atoms with Gasteiger partial charge in [-0.1, -0.05) is 43.5 Å². The lowest BCUT2D eigenvalue weighted by molar-refractivity contribution is -0.123. The maximum Gasteiger partial charge on any atom is 0.141 e. The van der Waals surface area contributed by atoms with Crippen LogP contribution in [0.25, 0.3) is 0 Å². The van der Waals surface area contributed by atoms with Crippen molar-refractivity contribution in [3.05, 3.63) is 35.4 Å². The molecule has 2 atom stereocenters. The minimum atomic E-state index is 0.0732. The van der Waals surface area contributed by atoms with E-state index in [4.69, 9.17) is 5.73 Å². The van der Waals surface area contributed by atoms with Crippen LogP contribution in [0, 0.1) is 12.8 Å². The molecule has 2 heteroatoms. The second-order valence-electron chi connectivity index (χ2n) is 5.48. The average molecular weight is 245 g/mol. The molecule has 0 aliphatic heterocycles. The van der Waals surface area contributed by atoms with Gasteiger partial charge in [0.1, 0.15) is 5.78 Å². The van der Waals surface area contributed by atoms with E-state index < -0.39 is 0 Å². The summed E-state index contributed by atoms with van der Waals surface area (Å²) in [6, 6.07) is 8.21. The Morgan fingerprint density at radius 1 is 1.22 bits per heavy atom. The maximum atomic E-state index is 12.4. The quantitative estimate of drug-likeness (QED) is 0.832. The first-order valence-electron chi connectivity index (χ1n) is 7.01. The van der Waals surface area contributed by atoms with Gasteiger partial charge in [-0.05, 0) is 30.9 Å². The van der Waals surface area contributed by atoms with E-state index in [9.17, 15) is 4.79 Å². The molecule has 0 saturated heterocycles. The molecular formula is C16H23NO. The summed E-state index contributed by atoms with van der Waals surface area (Å²) in [6.07, 6.45) is 6.08. The van der Waals surface area contributed by atoms with Crippen LogP contribution in [0.5, 0.6) is 0 Å². The molecule has 1 fully saturated rings. The first-order chi connectivity index (χ1) is 8.68. The van der Waals surface area contributed by atoms with Gasteiger partial charge in [0.2, 0.25) is 0 Å². The molecule has 0 radical (unpaired) electrons. The summed E-state index contributed by atoms with van der Waals surface area (Å²) in [5.41, 5.74) is 8.50. The first kappa shape index (κ1) is 13.3. The first-order valence-corrected chi connectivity index (χ1v) is 7.01. The molecule has 0 heterocycles. The van der Waals surface area contributed by atoms with Crippen LogP contribution in [0.15, 0.2) is 24.3 Å². The summed E-state index contributed by atoms with van der Waals surface area (Å²) in [5, 5.41) is 0. The lowest BCUT2D eigenvalue weighted by atomic mass is 9.87.